The second-order valence-corrected chi connectivity index (χ2v) is 7.02. The Balaban J connectivity index is 2.17. The Morgan fingerprint density at radius 1 is 1.22 bits per heavy atom. The molecule has 23 heavy (non-hydrogen) atoms. The first-order valence-corrected chi connectivity index (χ1v) is 8.38. The second-order valence-electron chi connectivity index (χ2n) is 7.02. The summed E-state index contributed by atoms with van der Waals surface area (Å²) < 4.78 is 10.7. The zero-order valence-electron chi connectivity index (χ0n) is 14.9. The number of ether oxygens (including phenoxy) is 2. The van der Waals surface area contributed by atoms with Crippen LogP contribution in [-0.2, 0) is 9.47 Å². The van der Waals surface area contributed by atoms with Gasteiger partial charge in [0.2, 0.25) is 0 Å². The summed E-state index contributed by atoms with van der Waals surface area (Å²) >= 11 is 0. The van der Waals surface area contributed by atoms with Crippen LogP contribution in [0.2, 0.25) is 0 Å². The number of amides is 1. The van der Waals surface area contributed by atoms with Crippen molar-refractivity contribution in [3.05, 3.63) is 34.9 Å². The van der Waals surface area contributed by atoms with E-state index in [1.807, 2.05) is 30.9 Å². The molecule has 0 saturated carbocycles. The quantitative estimate of drug-likeness (QED) is 0.808. The van der Waals surface area contributed by atoms with Crippen molar-refractivity contribution in [2.45, 2.75) is 33.6 Å². The highest BCUT2D eigenvalue weighted by atomic mass is 16.5. The van der Waals surface area contributed by atoms with Crippen LogP contribution in [0, 0.1) is 19.3 Å². The highest BCUT2D eigenvalue weighted by Crippen LogP contribution is 2.31. The molecular weight excluding hydrogens is 290 g/mol. The monoisotopic (exact) mass is 319 g/mol. The molecule has 1 aromatic carbocycles. The summed E-state index contributed by atoms with van der Waals surface area (Å²) in [6.07, 6.45) is 1.99. The number of hydrogen-bond donors (Lipinski definition) is 0. The van der Waals surface area contributed by atoms with Crippen LogP contribution in [0.15, 0.2) is 18.2 Å². The number of nitrogens with zero attached hydrogens (tertiary/aromatic N) is 1. The molecule has 128 valence electrons. The van der Waals surface area contributed by atoms with E-state index < -0.39 is 0 Å². The van der Waals surface area contributed by atoms with Crippen LogP contribution in [0.25, 0.3) is 0 Å². The van der Waals surface area contributed by atoms with Gasteiger partial charge in [0, 0.05) is 39.0 Å². The zero-order valence-corrected chi connectivity index (χ0v) is 14.9. The minimum Gasteiger partial charge on any atom is -0.383 e. The summed E-state index contributed by atoms with van der Waals surface area (Å²) in [7, 11) is 1.68. The molecule has 0 spiro atoms. The Bertz CT molecular complexity index is 515. The van der Waals surface area contributed by atoms with E-state index in [0.29, 0.717) is 13.2 Å². The largest absolute Gasteiger partial charge is 0.383 e. The molecule has 0 unspecified atom stereocenters. The molecule has 1 aliphatic rings. The number of methoxy groups -OCH3 is 1. The van der Waals surface area contributed by atoms with Gasteiger partial charge >= 0.3 is 0 Å². The molecule has 1 saturated heterocycles. The fraction of sp³-hybridized carbons (Fsp3) is 0.632. The fourth-order valence-corrected chi connectivity index (χ4v) is 3.22. The van der Waals surface area contributed by atoms with Crippen molar-refractivity contribution in [3.8, 4) is 0 Å². The maximum atomic E-state index is 13.0. The van der Waals surface area contributed by atoms with Crippen LogP contribution in [0.1, 0.15) is 41.3 Å². The summed E-state index contributed by atoms with van der Waals surface area (Å²) in [5.74, 6) is 0.0987. The predicted molar refractivity (Wildman–Crippen MR) is 91.9 cm³/mol. The maximum Gasteiger partial charge on any atom is 0.253 e. The van der Waals surface area contributed by atoms with Crippen LogP contribution in [0.5, 0.6) is 0 Å². The van der Waals surface area contributed by atoms with E-state index in [-0.39, 0.29) is 11.3 Å². The van der Waals surface area contributed by atoms with Crippen LogP contribution in [0.4, 0.5) is 0 Å². The topological polar surface area (TPSA) is 38.8 Å². The van der Waals surface area contributed by atoms with Crippen molar-refractivity contribution >= 4 is 5.91 Å². The highest BCUT2D eigenvalue weighted by molar-refractivity contribution is 5.94. The van der Waals surface area contributed by atoms with Gasteiger partial charge in [0.15, 0.2) is 0 Å². The Morgan fingerprint density at radius 2 is 1.83 bits per heavy atom. The second kappa shape index (κ2) is 7.93. The maximum absolute atomic E-state index is 13.0. The summed E-state index contributed by atoms with van der Waals surface area (Å²) in [6.45, 7) is 9.82. The Labute approximate surface area is 139 Å². The average Bonchev–Trinajstić information content (AvgIpc) is 2.50. The summed E-state index contributed by atoms with van der Waals surface area (Å²) in [4.78, 5) is 15.0. The first-order valence-electron chi connectivity index (χ1n) is 8.38. The van der Waals surface area contributed by atoms with Crippen molar-refractivity contribution in [2.24, 2.45) is 5.41 Å². The van der Waals surface area contributed by atoms with Crippen molar-refractivity contribution in [1.29, 1.82) is 0 Å². The van der Waals surface area contributed by atoms with Gasteiger partial charge in [-0.2, -0.15) is 0 Å². The zero-order chi connectivity index (χ0) is 16.9. The molecule has 1 heterocycles. The van der Waals surface area contributed by atoms with E-state index >= 15 is 0 Å². The fourth-order valence-electron chi connectivity index (χ4n) is 3.22. The molecule has 0 N–H and O–H groups in total. The molecule has 4 nitrogen and oxygen atoms in total. The van der Waals surface area contributed by atoms with Gasteiger partial charge in [-0.1, -0.05) is 24.1 Å². The third-order valence-corrected chi connectivity index (χ3v) is 4.59. The highest BCUT2D eigenvalue weighted by Gasteiger charge is 2.31. The SMILES string of the molecule is COCCN(CC1(C)CCOCC1)C(=O)c1cc(C)cc(C)c1. The number of aryl methyl sites for hydroxylation is 2. The molecule has 0 bridgehead atoms. The Hall–Kier alpha value is -1.39. The minimum atomic E-state index is 0.0987. The van der Waals surface area contributed by atoms with Gasteiger partial charge in [-0.15, -0.1) is 0 Å². The lowest BCUT2D eigenvalue weighted by Gasteiger charge is -2.38. The Kier molecular flexibility index (Phi) is 6.19. The van der Waals surface area contributed by atoms with Crippen molar-refractivity contribution in [1.82, 2.24) is 4.90 Å². The molecule has 2 rings (SSSR count). The van der Waals surface area contributed by atoms with E-state index in [0.717, 1.165) is 49.3 Å². The molecule has 1 fully saturated rings. The minimum absolute atomic E-state index is 0.0987. The van der Waals surface area contributed by atoms with Crippen LogP contribution >= 0.6 is 0 Å². The molecular formula is C19H29NO3. The van der Waals surface area contributed by atoms with E-state index in [1.165, 1.54) is 0 Å². The number of benzene rings is 1. The van der Waals surface area contributed by atoms with Gasteiger partial charge in [0.1, 0.15) is 0 Å². The van der Waals surface area contributed by atoms with Crippen LogP contribution in [0.3, 0.4) is 0 Å². The smallest absolute Gasteiger partial charge is 0.253 e. The van der Waals surface area contributed by atoms with Gasteiger partial charge < -0.3 is 14.4 Å². The summed E-state index contributed by atoms with van der Waals surface area (Å²) in [5.41, 5.74) is 3.14. The van der Waals surface area contributed by atoms with E-state index in [9.17, 15) is 4.79 Å². The van der Waals surface area contributed by atoms with E-state index in [4.69, 9.17) is 9.47 Å². The third kappa shape index (κ3) is 5.05. The van der Waals surface area contributed by atoms with Crippen LogP contribution in [-0.4, -0.2) is 50.8 Å². The van der Waals surface area contributed by atoms with Gasteiger partial charge in [-0.3, -0.25) is 4.79 Å². The normalized spacial score (nSPS) is 17.0. The number of carbonyl (C=O) groups excluding carboxylic acids is 1. The van der Waals surface area contributed by atoms with Crippen molar-refractivity contribution in [3.63, 3.8) is 0 Å². The lowest BCUT2D eigenvalue weighted by atomic mass is 9.81. The number of hydrogen-bond acceptors (Lipinski definition) is 3. The van der Waals surface area contributed by atoms with Crippen molar-refractivity contribution in [2.75, 3.05) is 40.0 Å². The van der Waals surface area contributed by atoms with E-state index in [2.05, 4.69) is 13.0 Å². The molecule has 0 aromatic heterocycles. The molecule has 0 aliphatic carbocycles. The molecule has 0 radical (unpaired) electrons. The number of rotatable bonds is 6. The molecule has 1 aromatic rings. The first kappa shape index (κ1) is 18.0. The number of carbonyl (C=O) groups is 1. The average molecular weight is 319 g/mol. The lowest BCUT2D eigenvalue weighted by molar-refractivity contribution is 0.00274. The molecule has 1 aliphatic heterocycles. The lowest BCUT2D eigenvalue weighted by Crippen LogP contribution is -2.44. The predicted octanol–water partition coefficient (Wildman–Crippen LogP) is 3.21. The first-order chi connectivity index (χ1) is 10.9. The third-order valence-electron chi connectivity index (χ3n) is 4.59. The van der Waals surface area contributed by atoms with E-state index in [1.54, 1.807) is 7.11 Å². The standard InChI is InChI=1S/C19H29NO3/c1-15-11-16(2)13-17(12-15)18(21)20(7-10-22-4)14-19(3)5-8-23-9-6-19/h11-13H,5-10,14H2,1-4H3. The molecule has 0 atom stereocenters. The van der Waals surface area contributed by atoms with Gasteiger partial charge in [-0.25, -0.2) is 0 Å². The summed E-state index contributed by atoms with van der Waals surface area (Å²) in [5, 5.41) is 0. The molecule has 1 amide bonds. The van der Waals surface area contributed by atoms with Crippen molar-refractivity contribution < 1.29 is 14.3 Å². The van der Waals surface area contributed by atoms with Gasteiger partial charge in [-0.05, 0) is 44.2 Å². The molecule has 4 heteroatoms. The van der Waals surface area contributed by atoms with Gasteiger partial charge in [0.05, 0.1) is 6.61 Å². The summed E-state index contributed by atoms with van der Waals surface area (Å²) in [6, 6.07) is 6.04. The Morgan fingerprint density at radius 3 is 2.39 bits per heavy atom. The van der Waals surface area contributed by atoms with Gasteiger partial charge in [0.25, 0.3) is 5.91 Å². The van der Waals surface area contributed by atoms with Crippen LogP contribution < -0.4 is 0 Å².